The van der Waals surface area contributed by atoms with Crippen LogP contribution in [0.3, 0.4) is 0 Å². The van der Waals surface area contributed by atoms with Crippen molar-refractivity contribution < 1.29 is 4.74 Å². The molecular formula is C16H27N3O. The standard InChI is InChI=1S/C16H27N3O/c1-15(4-11-19-10-3-8-17-19)18-9-2-5-16(14-18)6-12-20-13-7-16/h3,8,10,15H,2,4-7,9,11-14H2,1H3/t15-/m0/s1. The number of nitrogens with zero attached hydrogens (tertiary/aromatic N) is 3. The summed E-state index contributed by atoms with van der Waals surface area (Å²) in [6, 6.07) is 2.65. The lowest BCUT2D eigenvalue weighted by Gasteiger charge is -2.47. The maximum atomic E-state index is 5.56. The van der Waals surface area contributed by atoms with Crippen LogP contribution in [0.1, 0.15) is 39.0 Å². The second-order valence-electron chi connectivity index (χ2n) is 6.59. The van der Waals surface area contributed by atoms with Gasteiger partial charge in [-0.1, -0.05) is 0 Å². The Morgan fingerprint density at radius 2 is 2.15 bits per heavy atom. The van der Waals surface area contributed by atoms with E-state index in [1.165, 1.54) is 45.2 Å². The average molecular weight is 277 g/mol. The van der Waals surface area contributed by atoms with Crippen LogP contribution in [0, 0.1) is 5.41 Å². The predicted molar refractivity (Wildman–Crippen MR) is 79.6 cm³/mol. The van der Waals surface area contributed by atoms with Crippen molar-refractivity contribution in [3.63, 3.8) is 0 Å². The van der Waals surface area contributed by atoms with Gasteiger partial charge in [0.15, 0.2) is 0 Å². The van der Waals surface area contributed by atoms with Crippen molar-refractivity contribution in [2.24, 2.45) is 5.41 Å². The predicted octanol–water partition coefficient (Wildman–Crippen LogP) is 2.55. The molecule has 0 radical (unpaired) electrons. The van der Waals surface area contributed by atoms with Crippen LogP contribution in [0.15, 0.2) is 18.5 Å². The van der Waals surface area contributed by atoms with Crippen molar-refractivity contribution in [2.75, 3.05) is 26.3 Å². The third-order valence-corrected chi connectivity index (χ3v) is 5.20. The van der Waals surface area contributed by atoms with E-state index < -0.39 is 0 Å². The zero-order valence-electron chi connectivity index (χ0n) is 12.6. The SMILES string of the molecule is C[C@@H](CCn1cccn1)N1CCCC2(CCOCC2)C1. The van der Waals surface area contributed by atoms with Gasteiger partial charge in [0.1, 0.15) is 0 Å². The van der Waals surface area contributed by atoms with Crippen molar-refractivity contribution in [1.82, 2.24) is 14.7 Å². The minimum absolute atomic E-state index is 0.552. The smallest absolute Gasteiger partial charge is 0.0489 e. The zero-order chi connectivity index (χ0) is 13.8. The van der Waals surface area contributed by atoms with Gasteiger partial charge in [0, 0.05) is 44.7 Å². The summed E-state index contributed by atoms with van der Waals surface area (Å²) in [6.07, 6.45) is 10.4. The molecule has 1 spiro atoms. The van der Waals surface area contributed by atoms with Crippen molar-refractivity contribution in [2.45, 2.75) is 51.6 Å². The first-order chi connectivity index (χ1) is 9.77. The molecule has 4 nitrogen and oxygen atoms in total. The van der Waals surface area contributed by atoms with Crippen molar-refractivity contribution >= 4 is 0 Å². The van der Waals surface area contributed by atoms with Gasteiger partial charge >= 0.3 is 0 Å². The number of aryl methyl sites for hydroxylation is 1. The van der Waals surface area contributed by atoms with Crippen LogP contribution in [0.5, 0.6) is 0 Å². The molecule has 0 N–H and O–H groups in total. The molecule has 1 aromatic heterocycles. The summed E-state index contributed by atoms with van der Waals surface area (Å²) in [5.41, 5.74) is 0.552. The topological polar surface area (TPSA) is 30.3 Å². The second-order valence-corrected chi connectivity index (χ2v) is 6.59. The van der Waals surface area contributed by atoms with E-state index in [9.17, 15) is 0 Å². The minimum atomic E-state index is 0.552. The van der Waals surface area contributed by atoms with Crippen molar-refractivity contribution in [3.05, 3.63) is 18.5 Å². The Morgan fingerprint density at radius 1 is 1.30 bits per heavy atom. The number of rotatable bonds is 4. The first-order valence-corrected chi connectivity index (χ1v) is 8.07. The first kappa shape index (κ1) is 14.1. The van der Waals surface area contributed by atoms with Gasteiger partial charge < -0.3 is 9.64 Å². The molecule has 3 rings (SSSR count). The molecule has 1 atom stereocenters. The molecule has 0 amide bonds. The first-order valence-electron chi connectivity index (χ1n) is 8.07. The van der Waals surface area contributed by atoms with Gasteiger partial charge in [0.25, 0.3) is 0 Å². The maximum absolute atomic E-state index is 5.56. The molecule has 3 heterocycles. The molecule has 0 bridgehead atoms. The van der Waals surface area contributed by atoms with Crippen LogP contribution in [-0.2, 0) is 11.3 Å². The summed E-state index contributed by atoms with van der Waals surface area (Å²) in [5.74, 6) is 0. The highest BCUT2D eigenvalue weighted by atomic mass is 16.5. The Labute approximate surface area is 122 Å². The molecule has 1 aromatic rings. The molecule has 2 fully saturated rings. The normalized spacial score (nSPS) is 24.9. The van der Waals surface area contributed by atoms with Crippen LogP contribution in [0.25, 0.3) is 0 Å². The van der Waals surface area contributed by atoms with E-state index in [2.05, 4.69) is 23.1 Å². The van der Waals surface area contributed by atoms with Crippen LogP contribution >= 0.6 is 0 Å². The number of hydrogen-bond acceptors (Lipinski definition) is 3. The van der Waals surface area contributed by atoms with E-state index in [0.717, 1.165) is 19.8 Å². The highest BCUT2D eigenvalue weighted by molar-refractivity contribution is 4.90. The Morgan fingerprint density at radius 3 is 2.90 bits per heavy atom. The highest BCUT2D eigenvalue weighted by Crippen LogP contribution is 2.39. The molecular weight excluding hydrogens is 250 g/mol. The van der Waals surface area contributed by atoms with Gasteiger partial charge in [-0.05, 0) is 57.1 Å². The Bertz CT molecular complexity index is 392. The molecule has 0 aliphatic carbocycles. The average Bonchev–Trinajstić information content (AvgIpc) is 2.99. The molecule has 20 heavy (non-hydrogen) atoms. The fourth-order valence-corrected chi connectivity index (χ4v) is 3.77. The fourth-order valence-electron chi connectivity index (χ4n) is 3.77. The van der Waals surface area contributed by atoms with Crippen LogP contribution in [-0.4, -0.2) is 47.0 Å². The molecule has 0 unspecified atom stereocenters. The number of piperidine rings is 1. The lowest BCUT2D eigenvalue weighted by atomic mass is 9.73. The number of ether oxygens (including phenoxy) is 1. The van der Waals surface area contributed by atoms with E-state index >= 15 is 0 Å². The lowest BCUT2D eigenvalue weighted by Crippen LogP contribution is -2.49. The van der Waals surface area contributed by atoms with E-state index in [4.69, 9.17) is 4.74 Å². The monoisotopic (exact) mass is 277 g/mol. The van der Waals surface area contributed by atoms with E-state index in [1.807, 2.05) is 16.9 Å². The summed E-state index contributed by atoms with van der Waals surface area (Å²) in [5, 5.41) is 4.30. The van der Waals surface area contributed by atoms with Gasteiger partial charge in [0.05, 0.1) is 0 Å². The minimum Gasteiger partial charge on any atom is -0.381 e. The Hall–Kier alpha value is -0.870. The summed E-state index contributed by atoms with van der Waals surface area (Å²) in [7, 11) is 0. The molecule has 2 saturated heterocycles. The lowest BCUT2D eigenvalue weighted by molar-refractivity contribution is -0.0367. The quantitative estimate of drug-likeness (QED) is 0.847. The molecule has 112 valence electrons. The van der Waals surface area contributed by atoms with Gasteiger partial charge in [-0.25, -0.2) is 0 Å². The highest BCUT2D eigenvalue weighted by Gasteiger charge is 2.37. The van der Waals surface area contributed by atoms with E-state index in [1.54, 1.807) is 0 Å². The summed E-state index contributed by atoms with van der Waals surface area (Å²) in [4.78, 5) is 2.71. The summed E-state index contributed by atoms with van der Waals surface area (Å²) < 4.78 is 7.61. The molecule has 0 aromatic carbocycles. The van der Waals surface area contributed by atoms with Crippen LogP contribution in [0.2, 0.25) is 0 Å². The van der Waals surface area contributed by atoms with Gasteiger partial charge in [-0.15, -0.1) is 0 Å². The molecule has 0 saturated carbocycles. The van der Waals surface area contributed by atoms with Gasteiger partial charge in [0.2, 0.25) is 0 Å². The molecule has 2 aliphatic heterocycles. The fraction of sp³-hybridized carbons (Fsp3) is 0.812. The Kier molecular flexibility index (Phi) is 4.41. The maximum Gasteiger partial charge on any atom is 0.0489 e. The van der Waals surface area contributed by atoms with E-state index in [0.29, 0.717) is 11.5 Å². The third-order valence-electron chi connectivity index (χ3n) is 5.20. The Balaban J connectivity index is 1.53. The number of aromatic nitrogens is 2. The second kappa shape index (κ2) is 6.27. The van der Waals surface area contributed by atoms with Gasteiger partial charge in [-0.2, -0.15) is 5.10 Å². The summed E-state index contributed by atoms with van der Waals surface area (Å²) >= 11 is 0. The number of hydrogen-bond donors (Lipinski definition) is 0. The van der Waals surface area contributed by atoms with Gasteiger partial charge in [-0.3, -0.25) is 4.68 Å². The summed E-state index contributed by atoms with van der Waals surface area (Å²) in [6.45, 7) is 7.88. The van der Waals surface area contributed by atoms with Crippen LogP contribution in [0.4, 0.5) is 0 Å². The van der Waals surface area contributed by atoms with Crippen molar-refractivity contribution in [3.8, 4) is 0 Å². The molecule has 2 aliphatic rings. The van der Waals surface area contributed by atoms with E-state index in [-0.39, 0.29) is 0 Å². The molecule has 4 heteroatoms. The van der Waals surface area contributed by atoms with Crippen molar-refractivity contribution in [1.29, 1.82) is 0 Å². The third kappa shape index (κ3) is 3.23. The van der Waals surface area contributed by atoms with Crippen LogP contribution < -0.4 is 0 Å². The number of likely N-dealkylation sites (tertiary alicyclic amines) is 1. The largest absolute Gasteiger partial charge is 0.381 e. The zero-order valence-corrected chi connectivity index (χ0v) is 12.6.